The van der Waals surface area contributed by atoms with Gasteiger partial charge in [-0.1, -0.05) is 28.8 Å². The van der Waals surface area contributed by atoms with Crippen LogP contribution in [0, 0.1) is 0 Å². The van der Waals surface area contributed by atoms with E-state index < -0.39 is 0 Å². The maximum atomic E-state index is 5.96. The van der Waals surface area contributed by atoms with Crippen molar-refractivity contribution < 1.29 is 0 Å². The fourth-order valence-electron chi connectivity index (χ4n) is 2.54. The highest BCUT2D eigenvalue weighted by Crippen LogP contribution is 2.15. The predicted octanol–water partition coefficient (Wildman–Crippen LogP) is 1.89. The van der Waals surface area contributed by atoms with Gasteiger partial charge < -0.3 is 9.91 Å². The van der Waals surface area contributed by atoms with Crippen molar-refractivity contribution in [1.82, 2.24) is 25.2 Å². The number of nitrogens with zero attached hydrogens (tertiary/aromatic N) is 7. The number of rotatable bonds is 5. The standard InChI is InChI=1S/C15H20ClN7/c1-21(2)18-14(12-5-7-13(16)8-6-12)11-23-19-15(17-20-23)22-9-3-4-10-22/h5-8H,3-4,9-11H2,1-2H3/b18-14+. The summed E-state index contributed by atoms with van der Waals surface area (Å²) in [6, 6.07) is 7.60. The molecule has 0 unspecified atom stereocenters. The Bertz CT molecular complexity index is 671. The number of aromatic nitrogens is 4. The molecule has 1 fully saturated rings. The van der Waals surface area contributed by atoms with Crippen molar-refractivity contribution in [2.24, 2.45) is 5.10 Å². The molecular weight excluding hydrogens is 314 g/mol. The van der Waals surface area contributed by atoms with Gasteiger partial charge in [-0.3, -0.25) is 0 Å². The maximum absolute atomic E-state index is 5.96. The van der Waals surface area contributed by atoms with Crippen LogP contribution in [0.15, 0.2) is 29.4 Å². The Morgan fingerprint density at radius 3 is 2.57 bits per heavy atom. The molecule has 0 saturated carbocycles. The first kappa shape index (κ1) is 15.7. The molecule has 1 aromatic carbocycles. The van der Waals surface area contributed by atoms with Gasteiger partial charge in [-0.25, -0.2) is 0 Å². The van der Waals surface area contributed by atoms with E-state index in [4.69, 9.17) is 11.6 Å². The first-order valence-corrected chi connectivity index (χ1v) is 8.03. The summed E-state index contributed by atoms with van der Waals surface area (Å²) in [5, 5.41) is 19.8. The van der Waals surface area contributed by atoms with Crippen LogP contribution in [-0.2, 0) is 6.54 Å². The number of hydrogen-bond acceptors (Lipinski definition) is 6. The van der Waals surface area contributed by atoms with Gasteiger partial charge in [-0.2, -0.15) is 9.90 Å². The fourth-order valence-corrected chi connectivity index (χ4v) is 2.67. The highest BCUT2D eigenvalue weighted by atomic mass is 35.5. The first-order valence-electron chi connectivity index (χ1n) is 7.65. The second-order valence-electron chi connectivity index (χ2n) is 5.71. The highest BCUT2D eigenvalue weighted by Gasteiger charge is 2.17. The molecule has 3 rings (SSSR count). The zero-order valence-electron chi connectivity index (χ0n) is 13.4. The Balaban J connectivity index is 1.80. The Labute approximate surface area is 140 Å². The minimum Gasteiger partial charge on any atom is -0.338 e. The number of hydrazone groups is 1. The lowest BCUT2D eigenvalue weighted by Crippen LogP contribution is -2.20. The highest BCUT2D eigenvalue weighted by molar-refractivity contribution is 6.30. The molecule has 1 saturated heterocycles. The Hall–Kier alpha value is -2.15. The van der Waals surface area contributed by atoms with Gasteiger partial charge in [0.25, 0.3) is 5.95 Å². The van der Waals surface area contributed by atoms with Crippen LogP contribution in [0.25, 0.3) is 0 Å². The Morgan fingerprint density at radius 2 is 1.91 bits per heavy atom. The molecule has 8 heteroatoms. The molecule has 0 bridgehead atoms. The van der Waals surface area contributed by atoms with E-state index in [1.165, 1.54) is 12.8 Å². The molecule has 7 nitrogen and oxygen atoms in total. The number of hydrogen-bond donors (Lipinski definition) is 0. The number of anilines is 1. The Kier molecular flexibility index (Phi) is 4.76. The van der Waals surface area contributed by atoms with Gasteiger partial charge in [0.1, 0.15) is 6.54 Å². The summed E-state index contributed by atoms with van der Waals surface area (Å²) >= 11 is 5.96. The number of tetrazole rings is 1. The van der Waals surface area contributed by atoms with Crippen molar-refractivity contribution in [2.75, 3.05) is 32.1 Å². The predicted molar refractivity (Wildman–Crippen MR) is 90.9 cm³/mol. The van der Waals surface area contributed by atoms with Crippen molar-refractivity contribution >= 4 is 23.3 Å². The first-order chi connectivity index (χ1) is 11.1. The third-order valence-electron chi connectivity index (χ3n) is 3.62. The third kappa shape index (κ3) is 3.98. The molecule has 2 heterocycles. The van der Waals surface area contributed by atoms with Gasteiger partial charge in [0.05, 0.1) is 5.71 Å². The largest absolute Gasteiger partial charge is 0.338 e. The molecule has 1 aliphatic rings. The second kappa shape index (κ2) is 6.95. The molecule has 0 spiro atoms. The molecule has 0 amide bonds. The minimum atomic E-state index is 0.459. The van der Waals surface area contributed by atoms with Crippen LogP contribution in [0.4, 0.5) is 5.95 Å². The SMILES string of the molecule is CN(C)/N=C(\Cn1nnc(N2CCCC2)n1)c1ccc(Cl)cc1. The van der Waals surface area contributed by atoms with Crippen LogP contribution in [0.2, 0.25) is 5.02 Å². The lowest BCUT2D eigenvalue weighted by molar-refractivity contribution is 0.433. The zero-order chi connectivity index (χ0) is 16.2. The summed E-state index contributed by atoms with van der Waals surface area (Å²) in [5.41, 5.74) is 1.85. The van der Waals surface area contributed by atoms with E-state index in [-0.39, 0.29) is 0 Å². The molecule has 0 aliphatic carbocycles. The summed E-state index contributed by atoms with van der Waals surface area (Å²) in [4.78, 5) is 3.75. The Morgan fingerprint density at radius 1 is 1.22 bits per heavy atom. The van der Waals surface area contributed by atoms with Gasteiger partial charge in [0.15, 0.2) is 0 Å². The van der Waals surface area contributed by atoms with E-state index in [0.717, 1.165) is 24.4 Å². The molecule has 122 valence electrons. The lowest BCUT2D eigenvalue weighted by Gasteiger charge is -2.11. The van der Waals surface area contributed by atoms with Crippen molar-refractivity contribution in [3.63, 3.8) is 0 Å². The second-order valence-corrected chi connectivity index (χ2v) is 6.15. The van der Waals surface area contributed by atoms with E-state index in [0.29, 0.717) is 17.5 Å². The molecule has 0 radical (unpaired) electrons. The normalized spacial score (nSPS) is 15.3. The topological polar surface area (TPSA) is 62.4 Å². The van der Waals surface area contributed by atoms with Crippen LogP contribution in [0.1, 0.15) is 18.4 Å². The summed E-state index contributed by atoms with van der Waals surface area (Å²) < 4.78 is 0. The van der Waals surface area contributed by atoms with Gasteiger partial charge in [-0.15, -0.1) is 5.10 Å². The van der Waals surface area contributed by atoms with Crippen molar-refractivity contribution in [1.29, 1.82) is 0 Å². The zero-order valence-corrected chi connectivity index (χ0v) is 14.1. The van der Waals surface area contributed by atoms with Crippen LogP contribution < -0.4 is 4.90 Å². The number of benzene rings is 1. The van der Waals surface area contributed by atoms with Gasteiger partial charge in [-0.05, 0) is 35.8 Å². The van der Waals surface area contributed by atoms with Crippen LogP contribution in [0.5, 0.6) is 0 Å². The van der Waals surface area contributed by atoms with E-state index in [1.54, 1.807) is 9.81 Å². The molecule has 1 aliphatic heterocycles. The van der Waals surface area contributed by atoms with Crippen molar-refractivity contribution in [3.8, 4) is 0 Å². The molecule has 23 heavy (non-hydrogen) atoms. The summed E-state index contributed by atoms with van der Waals surface area (Å²) in [6.07, 6.45) is 2.37. The average molecular weight is 334 g/mol. The minimum absolute atomic E-state index is 0.459. The monoisotopic (exact) mass is 333 g/mol. The van der Waals surface area contributed by atoms with E-state index in [9.17, 15) is 0 Å². The summed E-state index contributed by atoms with van der Waals surface area (Å²) in [7, 11) is 3.78. The molecule has 1 aromatic heterocycles. The van der Waals surface area contributed by atoms with Gasteiger partial charge in [0.2, 0.25) is 0 Å². The summed E-state index contributed by atoms with van der Waals surface area (Å²) in [5.74, 6) is 0.697. The fraction of sp³-hybridized carbons (Fsp3) is 0.467. The average Bonchev–Trinajstić information content (AvgIpc) is 3.17. The molecular formula is C15H20ClN7. The van der Waals surface area contributed by atoms with Crippen molar-refractivity contribution in [2.45, 2.75) is 19.4 Å². The van der Waals surface area contributed by atoms with E-state index in [2.05, 4.69) is 25.4 Å². The maximum Gasteiger partial charge on any atom is 0.266 e. The van der Waals surface area contributed by atoms with Crippen molar-refractivity contribution in [3.05, 3.63) is 34.9 Å². The third-order valence-corrected chi connectivity index (χ3v) is 3.87. The van der Waals surface area contributed by atoms with Crippen LogP contribution in [0.3, 0.4) is 0 Å². The lowest BCUT2D eigenvalue weighted by atomic mass is 10.1. The number of halogens is 1. The quantitative estimate of drug-likeness (QED) is 0.617. The molecule has 0 N–H and O–H groups in total. The van der Waals surface area contributed by atoms with E-state index in [1.807, 2.05) is 38.4 Å². The van der Waals surface area contributed by atoms with Gasteiger partial charge in [0, 0.05) is 32.2 Å². The van der Waals surface area contributed by atoms with Gasteiger partial charge >= 0.3 is 0 Å². The van der Waals surface area contributed by atoms with Crippen LogP contribution >= 0.6 is 11.6 Å². The summed E-state index contributed by atoms with van der Waals surface area (Å²) in [6.45, 7) is 2.46. The smallest absolute Gasteiger partial charge is 0.266 e. The molecule has 0 atom stereocenters. The molecule has 2 aromatic rings. The van der Waals surface area contributed by atoms with E-state index >= 15 is 0 Å². The van der Waals surface area contributed by atoms with Crippen LogP contribution in [-0.4, -0.2) is 58.1 Å².